The van der Waals surface area contributed by atoms with Crippen LogP contribution in [-0.4, -0.2) is 0 Å². The highest BCUT2D eigenvalue weighted by Crippen LogP contribution is 2.42. The van der Waals surface area contributed by atoms with E-state index < -0.39 is 0 Å². The first-order valence-electron chi connectivity index (χ1n) is 12.6. The predicted octanol–water partition coefficient (Wildman–Crippen LogP) is 9.60. The summed E-state index contributed by atoms with van der Waals surface area (Å²) in [6.07, 6.45) is 0. The third kappa shape index (κ3) is 4.55. The number of nitrogens with two attached hydrogens (primary N) is 1. The Bertz CT molecular complexity index is 1620. The molecule has 0 bridgehead atoms. The summed E-state index contributed by atoms with van der Waals surface area (Å²) in [5.74, 6) is 0. The fourth-order valence-corrected chi connectivity index (χ4v) is 4.97. The van der Waals surface area contributed by atoms with Crippen LogP contribution in [0.1, 0.15) is 0 Å². The average Bonchev–Trinajstić information content (AvgIpc) is 2.98. The molecule has 0 aliphatic carbocycles. The quantitative estimate of drug-likeness (QED) is 0.248. The van der Waals surface area contributed by atoms with E-state index in [9.17, 15) is 0 Å². The molecule has 2 N–H and O–H groups in total. The zero-order valence-electron chi connectivity index (χ0n) is 20.5. The zero-order chi connectivity index (χ0) is 25.0. The molecule has 1 heteroatoms. The Balaban J connectivity index is 1.48. The molecule has 0 amide bonds. The van der Waals surface area contributed by atoms with Crippen LogP contribution in [0.3, 0.4) is 0 Å². The third-order valence-electron chi connectivity index (χ3n) is 6.91. The van der Waals surface area contributed by atoms with Gasteiger partial charge in [0.1, 0.15) is 0 Å². The zero-order valence-corrected chi connectivity index (χ0v) is 20.5. The van der Waals surface area contributed by atoms with E-state index >= 15 is 0 Å². The summed E-state index contributed by atoms with van der Waals surface area (Å²) in [7, 11) is 0. The standard InChI is InChI=1S/C36H27N/c37-36-34(30-14-8-3-9-15-30)25-24-33(31-20-16-28(17-21-31)26-10-4-1-5-11-26)35(36)32-22-18-29(19-23-32)27-12-6-2-7-13-27/h1-25H,37H2. The molecule has 6 aromatic rings. The topological polar surface area (TPSA) is 26.0 Å². The monoisotopic (exact) mass is 473 g/mol. The lowest BCUT2D eigenvalue weighted by molar-refractivity contribution is 1.55. The molecule has 0 aromatic heterocycles. The molecule has 1 nitrogen and oxygen atoms in total. The van der Waals surface area contributed by atoms with Gasteiger partial charge in [0.2, 0.25) is 0 Å². The van der Waals surface area contributed by atoms with Gasteiger partial charge < -0.3 is 5.73 Å². The first-order valence-corrected chi connectivity index (χ1v) is 12.6. The Hall–Kier alpha value is -4.88. The Morgan fingerprint density at radius 2 is 0.595 bits per heavy atom. The molecule has 0 saturated carbocycles. The van der Waals surface area contributed by atoms with Gasteiger partial charge in [-0.25, -0.2) is 0 Å². The highest BCUT2D eigenvalue weighted by molar-refractivity contribution is 5.98. The highest BCUT2D eigenvalue weighted by atomic mass is 14.6. The van der Waals surface area contributed by atoms with Crippen LogP contribution >= 0.6 is 0 Å². The lowest BCUT2D eigenvalue weighted by atomic mass is 9.88. The van der Waals surface area contributed by atoms with Crippen molar-refractivity contribution in [3.05, 3.63) is 152 Å². The van der Waals surface area contributed by atoms with E-state index in [1.165, 1.54) is 22.3 Å². The molecule has 0 spiro atoms. The van der Waals surface area contributed by atoms with Crippen LogP contribution in [0, 0.1) is 0 Å². The van der Waals surface area contributed by atoms with Gasteiger partial charge in [-0.15, -0.1) is 0 Å². The SMILES string of the molecule is Nc1c(-c2ccccc2)ccc(-c2ccc(-c3ccccc3)cc2)c1-c1ccc(-c2ccccc2)cc1. The minimum atomic E-state index is 0.795. The van der Waals surface area contributed by atoms with E-state index in [2.05, 4.69) is 133 Å². The van der Waals surface area contributed by atoms with Crippen molar-refractivity contribution in [2.75, 3.05) is 5.73 Å². The molecular formula is C36H27N. The van der Waals surface area contributed by atoms with Crippen LogP contribution in [0.25, 0.3) is 55.6 Å². The molecule has 37 heavy (non-hydrogen) atoms. The van der Waals surface area contributed by atoms with Crippen molar-refractivity contribution in [3.63, 3.8) is 0 Å². The number of hydrogen-bond acceptors (Lipinski definition) is 1. The Kier molecular flexibility index (Phi) is 6.10. The van der Waals surface area contributed by atoms with Gasteiger partial charge in [-0.2, -0.15) is 0 Å². The Morgan fingerprint density at radius 3 is 1.08 bits per heavy atom. The maximum absolute atomic E-state index is 6.96. The van der Waals surface area contributed by atoms with E-state index in [0.29, 0.717) is 0 Å². The van der Waals surface area contributed by atoms with Gasteiger partial charge in [-0.05, 0) is 44.5 Å². The van der Waals surface area contributed by atoms with Crippen molar-refractivity contribution >= 4 is 5.69 Å². The summed E-state index contributed by atoms with van der Waals surface area (Å²) >= 11 is 0. The van der Waals surface area contributed by atoms with Crippen molar-refractivity contribution in [2.24, 2.45) is 0 Å². The number of anilines is 1. The maximum Gasteiger partial charge on any atom is 0.0479 e. The van der Waals surface area contributed by atoms with Crippen molar-refractivity contribution in [1.82, 2.24) is 0 Å². The van der Waals surface area contributed by atoms with E-state index in [0.717, 1.165) is 39.1 Å². The van der Waals surface area contributed by atoms with Gasteiger partial charge >= 0.3 is 0 Å². The Morgan fingerprint density at radius 1 is 0.270 bits per heavy atom. The van der Waals surface area contributed by atoms with Gasteiger partial charge in [0.15, 0.2) is 0 Å². The van der Waals surface area contributed by atoms with Crippen LogP contribution < -0.4 is 5.73 Å². The molecule has 0 heterocycles. The van der Waals surface area contributed by atoms with Crippen LogP contribution in [0.2, 0.25) is 0 Å². The lowest BCUT2D eigenvalue weighted by Crippen LogP contribution is -1.97. The van der Waals surface area contributed by atoms with Crippen molar-refractivity contribution in [2.45, 2.75) is 0 Å². The van der Waals surface area contributed by atoms with Gasteiger partial charge in [-0.1, -0.05) is 152 Å². The maximum atomic E-state index is 6.96. The second kappa shape index (κ2) is 10.0. The van der Waals surface area contributed by atoms with Gasteiger partial charge in [0, 0.05) is 16.8 Å². The number of nitrogen functional groups attached to an aromatic ring is 1. The summed E-state index contributed by atoms with van der Waals surface area (Å²) in [4.78, 5) is 0. The molecule has 0 saturated heterocycles. The fraction of sp³-hybridized carbons (Fsp3) is 0. The fourth-order valence-electron chi connectivity index (χ4n) is 4.97. The normalized spacial score (nSPS) is 10.8. The molecular weight excluding hydrogens is 446 g/mol. The van der Waals surface area contributed by atoms with Crippen LogP contribution in [0.5, 0.6) is 0 Å². The highest BCUT2D eigenvalue weighted by Gasteiger charge is 2.16. The van der Waals surface area contributed by atoms with E-state index in [-0.39, 0.29) is 0 Å². The largest absolute Gasteiger partial charge is 0.398 e. The summed E-state index contributed by atoms with van der Waals surface area (Å²) in [5, 5.41) is 0. The minimum Gasteiger partial charge on any atom is -0.398 e. The number of hydrogen-bond donors (Lipinski definition) is 1. The summed E-state index contributed by atoms with van der Waals surface area (Å²) in [6, 6.07) is 53.2. The molecule has 0 aliphatic rings. The van der Waals surface area contributed by atoms with Gasteiger partial charge in [0.25, 0.3) is 0 Å². The summed E-state index contributed by atoms with van der Waals surface area (Å²) < 4.78 is 0. The molecule has 0 atom stereocenters. The van der Waals surface area contributed by atoms with Gasteiger partial charge in [0.05, 0.1) is 0 Å². The second-order valence-electron chi connectivity index (χ2n) is 9.20. The van der Waals surface area contributed by atoms with Crippen molar-refractivity contribution in [1.29, 1.82) is 0 Å². The van der Waals surface area contributed by atoms with Crippen molar-refractivity contribution < 1.29 is 0 Å². The van der Waals surface area contributed by atoms with Crippen LogP contribution in [0.15, 0.2) is 152 Å². The average molecular weight is 474 g/mol. The van der Waals surface area contributed by atoms with E-state index in [1.807, 2.05) is 18.2 Å². The smallest absolute Gasteiger partial charge is 0.0479 e. The molecule has 0 aliphatic heterocycles. The summed E-state index contributed by atoms with van der Waals surface area (Å²) in [5.41, 5.74) is 19.2. The third-order valence-corrected chi connectivity index (χ3v) is 6.91. The molecule has 176 valence electrons. The molecule has 0 fully saturated rings. The molecule has 6 aromatic carbocycles. The van der Waals surface area contributed by atoms with Crippen molar-refractivity contribution in [3.8, 4) is 55.6 Å². The number of benzene rings is 6. The van der Waals surface area contributed by atoms with E-state index in [1.54, 1.807) is 0 Å². The van der Waals surface area contributed by atoms with Crippen LogP contribution in [-0.2, 0) is 0 Å². The van der Waals surface area contributed by atoms with E-state index in [4.69, 9.17) is 5.73 Å². The molecule has 0 unspecified atom stereocenters. The first kappa shape index (κ1) is 22.6. The summed E-state index contributed by atoms with van der Waals surface area (Å²) in [6.45, 7) is 0. The van der Waals surface area contributed by atoms with Crippen LogP contribution in [0.4, 0.5) is 5.69 Å². The second-order valence-corrected chi connectivity index (χ2v) is 9.20. The van der Waals surface area contributed by atoms with Gasteiger partial charge in [-0.3, -0.25) is 0 Å². The molecule has 0 radical (unpaired) electrons. The number of rotatable bonds is 5. The predicted molar refractivity (Wildman–Crippen MR) is 158 cm³/mol. The lowest BCUT2D eigenvalue weighted by Gasteiger charge is -2.18. The molecule has 6 rings (SSSR count). The first-order chi connectivity index (χ1) is 18.3. The Labute approximate surface area is 218 Å². The minimum absolute atomic E-state index is 0.795.